The number of nitrogens with zero attached hydrogens (tertiary/aromatic N) is 2. The lowest BCUT2D eigenvalue weighted by atomic mass is 10.3. The maximum absolute atomic E-state index is 10.1. The number of hydrogen-bond acceptors (Lipinski definition) is 4. The summed E-state index contributed by atoms with van der Waals surface area (Å²) in [5.74, 6) is 0. The number of halogens is 1. The van der Waals surface area contributed by atoms with Crippen molar-refractivity contribution >= 4 is 28.9 Å². The number of hydrogen-bond donors (Lipinski definition) is 0. The first-order valence-corrected chi connectivity index (χ1v) is 4.82. The Morgan fingerprint density at radius 3 is 2.67 bits per heavy atom. The second kappa shape index (κ2) is 5.02. The highest BCUT2D eigenvalue weighted by Crippen LogP contribution is 2.03. The van der Waals surface area contributed by atoms with Gasteiger partial charge in [0.05, 0.1) is 0 Å². The number of alkyl halides is 1. The molecule has 0 saturated carbocycles. The zero-order chi connectivity index (χ0) is 8.81. The van der Waals surface area contributed by atoms with E-state index in [1.165, 1.54) is 0 Å². The van der Waals surface area contributed by atoms with Crippen molar-refractivity contribution in [1.29, 1.82) is 0 Å². The SMILES string of the molecule is O=CCc1cnc(OCI)nc1. The molecule has 4 nitrogen and oxygen atoms in total. The first kappa shape index (κ1) is 9.37. The predicted octanol–water partition coefficient (Wildman–Crippen LogP) is 0.989. The topological polar surface area (TPSA) is 52.1 Å². The summed E-state index contributed by atoms with van der Waals surface area (Å²) in [4.78, 5) is 17.9. The minimum atomic E-state index is 0.346. The Labute approximate surface area is 83.5 Å². The molecule has 5 heteroatoms. The van der Waals surface area contributed by atoms with Crippen molar-refractivity contribution in [2.75, 3.05) is 4.61 Å². The van der Waals surface area contributed by atoms with Crippen molar-refractivity contribution in [3.05, 3.63) is 18.0 Å². The summed E-state index contributed by atoms with van der Waals surface area (Å²) < 4.78 is 5.53. The van der Waals surface area contributed by atoms with Gasteiger partial charge in [0.15, 0.2) is 0 Å². The third kappa shape index (κ3) is 2.72. The molecule has 0 fully saturated rings. The van der Waals surface area contributed by atoms with E-state index in [4.69, 9.17) is 4.74 Å². The molecule has 0 amide bonds. The van der Waals surface area contributed by atoms with Crippen LogP contribution in [-0.2, 0) is 11.2 Å². The van der Waals surface area contributed by atoms with Crippen molar-refractivity contribution in [2.45, 2.75) is 6.42 Å². The maximum Gasteiger partial charge on any atom is 0.317 e. The molecule has 1 rings (SSSR count). The second-order valence-corrected chi connectivity index (χ2v) is 2.62. The summed E-state index contributed by atoms with van der Waals surface area (Å²) in [6, 6.07) is 0.346. The molecule has 0 aliphatic rings. The molecule has 0 saturated heterocycles. The Bertz CT molecular complexity index is 250. The molecule has 0 spiro atoms. The standard InChI is InChI=1S/C7H7IN2O2/c8-5-12-7-9-3-6(1-2-11)4-10-7/h2-4H,1,5H2. The molecule has 12 heavy (non-hydrogen) atoms. The monoisotopic (exact) mass is 278 g/mol. The van der Waals surface area contributed by atoms with Gasteiger partial charge in [0.2, 0.25) is 0 Å². The minimum Gasteiger partial charge on any atom is -0.453 e. The highest BCUT2D eigenvalue weighted by atomic mass is 127. The zero-order valence-corrected chi connectivity index (χ0v) is 8.39. The average Bonchev–Trinajstić information content (AvgIpc) is 2.09. The van der Waals surface area contributed by atoms with E-state index in [0.717, 1.165) is 11.8 Å². The van der Waals surface area contributed by atoms with Gasteiger partial charge < -0.3 is 9.53 Å². The lowest BCUT2D eigenvalue weighted by Gasteiger charge is -1.98. The summed E-state index contributed by atoms with van der Waals surface area (Å²) >= 11 is 2.06. The Hall–Kier alpha value is -0.720. The molecular weight excluding hydrogens is 271 g/mol. The maximum atomic E-state index is 10.1. The fourth-order valence-electron chi connectivity index (χ4n) is 0.668. The van der Waals surface area contributed by atoms with Crippen LogP contribution < -0.4 is 4.74 Å². The lowest BCUT2D eigenvalue weighted by Crippen LogP contribution is -1.96. The molecule has 1 aromatic rings. The lowest BCUT2D eigenvalue weighted by molar-refractivity contribution is -0.107. The molecule has 0 unspecified atom stereocenters. The molecular formula is C7H7IN2O2. The molecule has 0 N–H and O–H groups in total. The Morgan fingerprint density at radius 1 is 1.50 bits per heavy atom. The predicted molar refractivity (Wildman–Crippen MR) is 51.3 cm³/mol. The van der Waals surface area contributed by atoms with Crippen LogP contribution in [-0.4, -0.2) is 20.9 Å². The quantitative estimate of drug-likeness (QED) is 0.468. The van der Waals surface area contributed by atoms with Crippen LogP contribution in [0.1, 0.15) is 5.56 Å². The van der Waals surface area contributed by atoms with Gasteiger partial charge in [-0.25, -0.2) is 9.97 Å². The average molecular weight is 278 g/mol. The fourth-order valence-corrected chi connectivity index (χ4v) is 0.946. The van der Waals surface area contributed by atoms with Gasteiger partial charge in [-0.2, -0.15) is 0 Å². The highest BCUT2D eigenvalue weighted by Gasteiger charge is 1.96. The third-order valence-electron chi connectivity index (χ3n) is 1.18. The number of aldehydes is 1. The van der Waals surface area contributed by atoms with Crippen molar-refractivity contribution in [1.82, 2.24) is 9.97 Å². The van der Waals surface area contributed by atoms with Gasteiger partial charge in [-0.3, -0.25) is 0 Å². The molecule has 0 aliphatic heterocycles. The van der Waals surface area contributed by atoms with Crippen LogP contribution in [0.15, 0.2) is 12.4 Å². The Balaban J connectivity index is 2.64. The number of carbonyl (C=O) groups is 1. The largest absolute Gasteiger partial charge is 0.453 e. The highest BCUT2D eigenvalue weighted by molar-refractivity contribution is 14.1. The van der Waals surface area contributed by atoms with Gasteiger partial charge in [0, 0.05) is 18.8 Å². The number of aromatic nitrogens is 2. The van der Waals surface area contributed by atoms with Gasteiger partial charge in [-0.15, -0.1) is 0 Å². The number of rotatable bonds is 4. The first-order chi connectivity index (χ1) is 5.86. The third-order valence-corrected chi connectivity index (χ3v) is 1.50. The molecule has 0 aliphatic carbocycles. The first-order valence-electron chi connectivity index (χ1n) is 3.30. The molecule has 0 aromatic carbocycles. The normalized spacial score (nSPS) is 9.42. The Kier molecular flexibility index (Phi) is 3.92. The van der Waals surface area contributed by atoms with E-state index in [9.17, 15) is 4.79 Å². The zero-order valence-electron chi connectivity index (χ0n) is 6.24. The van der Waals surface area contributed by atoms with Gasteiger partial charge in [-0.1, -0.05) is 0 Å². The molecule has 1 aromatic heterocycles. The van der Waals surface area contributed by atoms with Crippen molar-refractivity contribution in [3.63, 3.8) is 0 Å². The molecule has 1 heterocycles. The van der Waals surface area contributed by atoms with Crippen LogP contribution in [0.3, 0.4) is 0 Å². The van der Waals surface area contributed by atoms with E-state index in [1.54, 1.807) is 12.4 Å². The van der Waals surface area contributed by atoms with Crippen LogP contribution in [0.25, 0.3) is 0 Å². The van der Waals surface area contributed by atoms with Crippen LogP contribution in [0.5, 0.6) is 6.01 Å². The van der Waals surface area contributed by atoms with E-state index in [-0.39, 0.29) is 0 Å². The van der Waals surface area contributed by atoms with Crippen LogP contribution in [0.4, 0.5) is 0 Å². The minimum absolute atomic E-state index is 0.346. The molecule has 64 valence electrons. The Morgan fingerprint density at radius 2 is 2.17 bits per heavy atom. The summed E-state index contributed by atoms with van der Waals surface area (Å²) in [6.07, 6.45) is 4.34. The van der Waals surface area contributed by atoms with E-state index >= 15 is 0 Å². The van der Waals surface area contributed by atoms with E-state index in [0.29, 0.717) is 17.0 Å². The van der Waals surface area contributed by atoms with E-state index in [2.05, 4.69) is 32.6 Å². The van der Waals surface area contributed by atoms with E-state index < -0.39 is 0 Å². The van der Waals surface area contributed by atoms with Gasteiger partial charge in [0.1, 0.15) is 10.9 Å². The van der Waals surface area contributed by atoms with Gasteiger partial charge >= 0.3 is 6.01 Å². The smallest absolute Gasteiger partial charge is 0.317 e. The van der Waals surface area contributed by atoms with Gasteiger partial charge in [0.25, 0.3) is 0 Å². The van der Waals surface area contributed by atoms with Crippen LogP contribution in [0, 0.1) is 0 Å². The van der Waals surface area contributed by atoms with Crippen molar-refractivity contribution < 1.29 is 9.53 Å². The summed E-state index contributed by atoms with van der Waals surface area (Å²) in [5.41, 5.74) is 0.797. The van der Waals surface area contributed by atoms with Crippen LogP contribution >= 0.6 is 22.6 Å². The van der Waals surface area contributed by atoms with Gasteiger partial charge in [-0.05, 0) is 28.2 Å². The van der Waals surface area contributed by atoms with Crippen LogP contribution in [0.2, 0.25) is 0 Å². The second-order valence-electron chi connectivity index (χ2n) is 2.00. The molecule has 0 radical (unpaired) electrons. The van der Waals surface area contributed by atoms with Crippen molar-refractivity contribution in [3.8, 4) is 6.01 Å². The number of carbonyl (C=O) groups excluding carboxylic acids is 1. The van der Waals surface area contributed by atoms with Crippen molar-refractivity contribution in [2.24, 2.45) is 0 Å². The summed E-state index contributed by atoms with van der Waals surface area (Å²) in [7, 11) is 0. The summed E-state index contributed by atoms with van der Waals surface area (Å²) in [5, 5.41) is 0. The molecule has 0 atom stereocenters. The number of ether oxygens (including phenoxy) is 1. The van der Waals surface area contributed by atoms with E-state index in [1.807, 2.05) is 0 Å². The molecule has 0 bridgehead atoms. The summed E-state index contributed by atoms with van der Waals surface area (Å²) in [6.45, 7) is 0. The fraction of sp³-hybridized carbons (Fsp3) is 0.286.